The summed E-state index contributed by atoms with van der Waals surface area (Å²) in [7, 11) is -2.04. The number of hydrogen-bond acceptors (Lipinski definition) is 3. The molecule has 0 aliphatic heterocycles. The first-order chi connectivity index (χ1) is 25.0. The topological polar surface area (TPSA) is 80.6 Å². The summed E-state index contributed by atoms with van der Waals surface area (Å²) < 4.78 is 79.8. The number of carboxylic acid groups (broad SMARTS) is 1. The summed E-state index contributed by atoms with van der Waals surface area (Å²) in [4.78, 5) is 11.3. The standard InChI is InChI=1S/C40H33ClF4N2O4S/c41-29-16-19-36-32(24-29)31(21-23-51-30-17-14-28(15-18-30)39(48)49)37(47(36)38(26-8-3-1-4-9-26)27-10-5-2-6-11-27)20-22-46-52(50)25-33-34(40(43,44)45)12-7-13-35(33)42/h1-19,24,38,46H,20-23,25H2,(H,48,49). The van der Waals surface area contributed by atoms with E-state index in [1.807, 2.05) is 72.8 Å². The van der Waals surface area contributed by atoms with Crippen LogP contribution < -0.4 is 9.46 Å². The Hall–Kier alpha value is -4.97. The lowest BCUT2D eigenvalue weighted by Gasteiger charge is -2.25. The van der Waals surface area contributed by atoms with E-state index in [1.165, 1.54) is 12.1 Å². The molecule has 0 fully saturated rings. The van der Waals surface area contributed by atoms with Gasteiger partial charge in [0.2, 0.25) is 0 Å². The number of halogens is 5. The number of carbonyl (C=O) groups is 1. The number of rotatable bonds is 14. The second kappa shape index (κ2) is 16.1. The number of nitrogens with one attached hydrogen (secondary N) is 1. The normalized spacial score (nSPS) is 12.3. The van der Waals surface area contributed by atoms with Gasteiger partial charge in [-0.15, -0.1) is 0 Å². The van der Waals surface area contributed by atoms with E-state index in [-0.39, 0.29) is 24.8 Å². The number of fused-ring (bicyclic) bond motifs is 1. The van der Waals surface area contributed by atoms with E-state index in [4.69, 9.17) is 16.3 Å². The maximum absolute atomic E-state index is 14.6. The molecule has 2 N–H and O–H groups in total. The molecule has 0 aliphatic carbocycles. The van der Waals surface area contributed by atoms with Crippen molar-refractivity contribution in [3.05, 3.63) is 171 Å². The fraction of sp³-hybridized carbons (Fsp3) is 0.175. The zero-order chi connectivity index (χ0) is 36.8. The molecule has 0 saturated heterocycles. The monoisotopic (exact) mass is 748 g/mol. The molecule has 1 heterocycles. The molecule has 0 bridgehead atoms. The summed E-state index contributed by atoms with van der Waals surface area (Å²) in [6, 6.07) is 33.9. The second-order valence-corrected chi connectivity index (χ2v) is 13.7. The number of hydrogen-bond donors (Lipinski definition) is 2. The summed E-state index contributed by atoms with van der Waals surface area (Å²) in [6.07, 6.45) is -4.10. The summed E-state index contributed by atoms with van der Waals surface area (Å²) in [5, 5.41) is 10.6. The molecule has 0 radical (unpaired) electrons. The van der Waals surface area contributed by atoms with Crippen molar-refractivity contribution in [1.82, 2.24) is 9.29 Å². The van der Waals surface area contributed by atoms with Crippen LogP contribution in [0.3, 0.4) is 0 Å². The Kier molecular flexibility index (Phi) is 11.4. The van der Waals surface area contributed by atoms with E-state index in [0.29, 0.717) is 23.6 Å². The van der Waals surface area contributed by atoms with E-state index in [9.17, 15) is 31.7 Å². The number of aromatic carboxylic acids is 1. The average Bonchev–Trinajstić information content (AvgIpc) is 3.41. The Morgan fingerprint density at radius 3 is 2.12 bits per heavy atom. The average molecular weight is 749 g/mol. The van der Waals surface area contributed by atoms with Gasteiger partial charge in [0.1, 0.15) is 11.6 Å². The first-order valence-electron chi connectivity index (χ1n) is 16.3. The quantitative estimate of drug-likeness (QED) is 0.109. The van der Waals surface area contributed by atoms with Crippen LogP contribution >= 0.6 is 11.6 Å². The minimum absolute atomic E-state index is 0.0906. The van der Waals surface area contributed by atoms with Gasteiger partial charge >= 0.3 is 12.1 Å². The highest BCUT2D eigenvalue weighted by Crippen LogP contribution is 2.38. The van der Waals surface area contributed by atoms with Crippen LogP contribution in [-0.2, 0) is 35.8 Å². The number of benzene rings is 5. The molecular weight excluding hydrogens is 716 g/mol. The van der Waals surface area contributed by atoms with Crippen LogP contribution in [0.2, 0.25) is 5.02 Å². The van der Waals surface area contributed by atoms with Gasteiger partial charge in [-0.05, 0) is 71.3 Å². The smallest absolute Gasteiger partial charge is 0.416 e. The lowest BCUT2D eigenvalue weighted by atomic mass is 9.97. The first kappa shape index (κ1) is 36.8. The van der Waals surface area contributed by atoms with Crippen LogP contribution in [0, 0.1) is 5.82 Å². The zero-order valence-corrected chi connectivity index (χ0v) is 29.1. The Labute approximate surface area is 305 Å². The minimum atomic E-state index is -4.80. The van der Waals surface area contributed by atoms with Gasteiger partial charge in [0, 0.05) is 46.6 Å². The van der Waals surface area contributed by atoms with Crippen LogP contribution in [0.15, 0.2) is 121 Å². The molecule has 1 unspecified atom stereocenters. The second-order valence-electron chi connectivity index (χ2n) is 12.0. The van der Waals surface area contributed by atoms with E-state index >= 15 is 0 Å². The summed E-state index contributed by atoms with van der Waals surface area (Å²) in [6.45, 7) is 0.312. The van der Waals surface area contributed by atoms with Crippen LogP contribution in [0.5, 0.6) is 5.75 Å². The van der Waals surface area contributed by atoms with E-state index in [2.05, 4.69) is 9.29 Å². The molecule has 1 aromatic heterocycles. The lowest BCUT2D eigenvalue weighted by molar-refractivity contribution is -0.138. The molecule has 0 aliphatic rings. The molecule has 1 atom stereocenters. The van der Waals surface area contributed by atoms with Crippen molar-refractivity contribution in [1.29, 1.82) is 0 Å². The number of nitrogens with zero attached hydrogens (tertiary/aromatic N) is 1. The van der Waals surface area contributed by atoms with Gasteiger partial charge in [0.25, 0.3) is 0 Å². The van der Waals surface area contributed by atoms with Crippen molar-refractivity contribution >= 4 is 39.5 Å². The molecule has 12 heteroatoms. The number of ether oxygens (including phenoxy) is 1. The van der Waals surface area contributed by atoms with Gasteiger partial charge in [-0.3, -0.25) is 0 Å². The molecule has 6 aromatic rings. The number of aromatic nitrogens is 1. The van der Waals surface area contributed by atoms with Crippen LogP contribution in [0.1, 0.15) is 49.9 Å². The molecule has 268 valence electrons. The van der Waals surface area contributed by atoms with Gasteiger partial charge in [-0.25, -0.2) is 18.1 Å². The van der Waals surface area contributed by atoms with E-state index in [0.717, 1.165) is 51.5 Å². The van der Waals surface area contributed by atoms with Crippen LogP contribution in [0.25, 0.3) is 10.9 Å². The maximum Gasteiger partial charge on any atom is 0.416 e. The Morgan fingerprint density at radius 1 is 0.846 bits per heavy atom. The van der Waals surface area contributed by atoms with Crippen LogP contribution in [-0.4, -0.2) is 33.0 Å². The van der Waals surface area contributed by atoms with Crippen molar-refractivity contribution < 1.29 is 36.4 Å². The van der Waals surface area contributed by atoms with Crippen molar-refractivity contribution in [2.45, 2.75) is 30.8 Å². The van der Waals surface area contributed by atoms with Gasteiger partial charge in [0.15, 0.2) is 0 Å². The highest BCUT2D eigenvalue weighted by molar-refractivity contribution is 7.82. The zero-order valence-electron chi connectivity index (χ0n) is 27.6. The third-order valence-electron chi connectivity index (χ3n) is 8.72. The van der Waals surface area contributed by atoms with Gasteiger partial charge in [-0.2, -0.15) is 13.2 Å². The fourth-order valence-corrected chi connectivity index (χ4v) is 7.57. The Morgan fingerprint density at radius 2 is 1.50 bits per heavy atom. The van der Waals surface area contributed by atoms with Gasteiger partial charge in [-0.1, -0.05) is 78.3 Å². The van der Waals surface area contributed by atoms with Crippen LogP contribution in [0.4, 0.5) is 17.6 Å². The van der Waals surface area contributed by atoms with E-state index in [1.54, 1.807) is 18.2 Å². The Bertz CT molecular complexity index is 2150. The SMILES string of the molecule is O=C(O)c1ccc(OCCc2c(CCNS(=O)Cc3c(F)cccc3C(F)(F)F)n(C(c3ccccc3)c3ccccc3)c3ccc(Cl)cc23)cc1. The van der Waals surface area contributed by atoms with Crippen molar-refractivity contribution in [2.24, 2.45) is 0 Å². The van der Waals surface area contributed by atoms with Gasteiger partial charge in [0.05, 0.1) is 40.5 Å². The van der Waals surface area contributed by atoms with Crippen molar-refractivity contribution in [3.8, 4) is 5.75 Å². The summed E-state index contributed by atoms with van der Waals surface area (Å²) in [5.74, 6) is -2.30. The van der Waals surface area contributed by atoms with Gasteiger partial charge < -0.3 is 14.4 Å². The molecule has 52 heavy (non-hydrogen) atoms. The molecular formula is C40H33ClF4N2O4S. The number of alkyl halides is 3. The number of carboxylic acids is 1. The fourth-order valence-electron chi connectivity index (χ4n) is 6.41. The van der Waals surface area contributed by atoms with Crippen molar-refractivity contribution in [2.75, 3.05) is 13.2 Å². The highest BCUT2D eigenvalue weighted by atomic mass is 35.5. The Balaban J connectivity index is 1.38. The summed E-state index contributed by atoms with van der Waals surface area (Å²) in [5.41, 5.74) is 2.94. The third kappa shape index (κ3) is 8.39. The first-order valence-corrected chi connectivity index (χ1v) is 18.0. The molecule has 0 saturated carbocycles. The maximum atomic E-state index is 14.6. The largest absolute Gasteiger partial charge is 0.493 e. The molecule has 6 rings (SSSR count). The molecule has 0 spiro atoms. The van der Waals surface area contributed by atoms with E-state index < -0.39 is 45.8 Å². The predicted molar refractivity (Wildman–Crippen MR) is 195 cm³/mol. The minimum Gasteiger partial charge on any atom is -0.493 e. The third-order valence-corrected chi connectivity index (χ3v) is 10.0. The molecule has 6 nitrogen and oxygen atoms in total. The summed E-state index contributed by atoms with van der Waals surface area (Å²) >= 11 is 6.56. The van der Waals surface area contributed by atoms with Crippen molar-refractivity contribution in [3.63, 3.8) is 0 Å². The molecule has 0 amide bonds. The lowest BCUT2D eigenvalue weighted by Crippen LogP contribution is -2.25. The highest BCUT2D eigenvalue weighted by Gasteiger charge is 2.35. The molecule has 5 aromatic carbocycles. The predicted octanol–water partition coefficient (Wildman–Crippen LogP) is 9.41.